The van der Waals surface area contributed by atoms with E-state index in [1.807, 2.05) is 0 Å². The molecule has 0 bridgehead atoms. The van der Waals surface area contributed by atoms with Crippen molar-refractivity contribution in [1.29, 1.82) is 0 Å². The monoisotopic (exact) mass is 251 g/mol. The zero-order valence-electron chi connectivity index (χ0n) is 9.73. The van der Waals surface area contributed by atoms with Crippen LogP contribution in [0.25, 0.3) is 11.3 Å². The first kappa shape index (κ1) is 12.1. The van der Waals surface area contributed by atoms with Crippen molar-refractivity contribution in [2.75, 3.05) is 7.11 Å². The summed E-state index contributed by atoms with van der Waals surface area (Å²) in [6.07, 6.45) is 0. The molecule has 2 aromatic rings. The van der Waals surface area contributed by atoms with Gasteiger partial charge in [0.05, 0.1) is 12.7 Å². The number of benzene rings is 1. The number of carbonyl (C=O) groups is 1. The van der Waals surface area contributed by atoms with Crippen molar-refractivity contribution in [2.24, 2.45) is 0 Å². The van der Waals surface area contributed by atoms with Gasteiger partial charge in [-0.05, 0) is 24.6 Å². The summed E-state index contributed by atoms with van der Waals surface area (Å²) in [5.74, 6) is -1.22. The number of hydrogen-bond acceptors (Lipinski definition) is 4. The number of carboxylic acids is 1. The predicted molar refractivity (Wildman–Crippen MR) is 60.1 cm³/mol. The van der Waals surface area contributed by atoms with Crippen molar-refractivity contribution in [2.45, 2.75) is 6.92 Å². The zero-order chi connectivity index (χ0) is 13.3. The summed E-state index contributed by atoms with van der Waals surface area (Å²) in [6.45, 7) is 1.58. The van der Waals surface area contributed by atoms with E-state index in [9.17, 15) is 9.18 Å². The molecule has 94 valence electrons. The maximum absolute atomic E-state index is 13.9. The van der Waals surface area contributed by atoms with Gasteiger partial charge in [-0.25, -0.2) is 9.18 Å². The van der Waals surface area contributed by atoms with Crippen molar-refractivity contribution in [3.8, 4) is 17.1 Å². The second-order valence-corrected chi connectivity index (χ2v) is 3.69. The molecule has 5 nitrogen and oxygen atoms in total. The van der Waals surface area contributed by atoms with Gasteiger partial charge in [-0.2, -0.15) is 0 Å². The van der Waals surface area contributed by atoms with Crippen molar-refractivity contribution >= 4 is 5.97 Å². The molecule has 0 aliphatic heterocycles. The first-order valence-electron chi connectivity index (χ1n) is 5.07. The lowest BCUT2D eigenvalue weighted by atomic mass is 10.1. The summed E-state index contributed by atoms with van der Waals surface area (Å²) in [5.41, 5.74) is 0.217. The van der Waals surface area contributed by atoms with Crippen LogP contribution in [0, 0.1) is 12.7 Å². The summed E-state index contributed by atoms with van der Waals surface area (Å²) in [6, 6.07) is 4.13. The summed E-state index contributed by atoms with van der Waals surface area (Å²) >= 11 is 0. The average molecular weight is 251 g/mol. The van der Waals surface area contributed by atoms with Crippen LogP contribution in [0.5, 0.6) is 5.75 Å². The van der Waals surface area contributed by atoms with E-state index in [4.69, 9.17) is 14.4 Å². The number of aromatic carboxylic acids is 1. The lowest BCUT2D eigenvalue weighted by molar-refractivity contribution is 0.0686. The molecular weight excluding hydrogens is 241 g/mol. The van der Waals surface area contributed by atoms with E-state index >= 15 is 0 Å². The topological polar surface area (TPSA) is 72.6 Å². The largest absolute Gasteiger partial charge is 0.497 e. The van der Waals surface area contributed by atoms with E-state index in [2.05, 4.69) is 5.16 Å². The van der Waals surface area contributed by atoms with E-state index in [0.29, 0.717) is 11.3 Å². The molecule has 0 aliphatic carbocycles. The molecule has 6 heteroatoms. The third-order valence-corrected chi connectivity index (χ3v) is 2.46. The predicted octanol–water partition coefficient (Wildman–Crippen LogP) is 2.50. The van der Waals surface area contributed by atoms with Gasteiger partial charge in [0.15, 0.2) is 11.5 Å². The Bertz CT molecular complexity index is 606. The third kappa shape index (κ3) is 2.04. The van der Waals surface area contributed by atoms with Crippen molar-refractivity contribution < 1.29 is 23.6 Å². The Labute approximate surface area is 102 Å². The minimum atomic E-state index is -1.23. The second kappa shape index (κ2) is 4.48. The van der Waals surface area contributed by atoms with Gasteiger partial charge in [0, 0.05) is 6.07 Å². The second-order valence-electron chi connectivity index (χ2n) is 3.69. The van der Waals surface area contributed by atoms with Gasteiger partial charge in [-0.15, -0.1) is 0 Å². The molecule has 0 amide bonds. The number of nitrogens with zero attached hydrogens (tertiary/aromatic N) is 1. The summed E-state index contributed by atoms with van der Waals surface area (Å²) in [4.78, 5) is 10.7. The van der Waals surface area contributed by atoms with Gasteiger partial charge >= 0.3 is 5.97 Å². The van der Waals surface area contributed by atoms with Gasteiger partial charge in [0.2, 0.25) is 0 Å². The lowest BCUT2D eigenvalue weighted by Crippen LogP contribution is -1.94. The zero-order valence-corrected chi connectivity index (χ0v) is 9.73. The number of methoxy groups -OCH3 is 1. The molecular formula is C12H10FNO4. The number of aromatic nitrogens is 1. The highest BCUT2D eigenvalue weighted by atomic mass is 19.1. The van der Waals surface area contributed by atoms with Gasteiger partial charge in [0.1, 0.15) is 11.6 Å². The Morgan fingerprint density at radius 3 is 2.72 bits per heavy atom. The van der Waals surface area contributed by atoms with Crippen LogP contribution in [0.15, 0.2) is 22.7 Å². The Morgan fingerprint density at radius 1 is 1.44 bits per heavy atom. The molecule has 0 saturated carbocycles. The number of carboxylic acid groups (broad SMARTS) is 1. The normalized spacial score (nSPS) is 10.4. The lowest BCUT2D eigenvalue weighted by Gasteiger charge is -2.06. The summed E-state index contributed by atoms with van der Waals surface area (Å²) in [5, 5.41) is 12.1. The maximum Gasteiger partial charge on any atom is 0.358 e. The van der Waals surface area contributed by atoms with Gasteiger partial charge in [-0.3, -0.25) is 0 Å². The van der Waals surface area contributed by atoms with E-state index in [0.717, 1.165) is 0 Å². The van der Waals surface area contributed by atoms with Crippen molar-refractivity contribution in [1.82, 2.24) is 5.16 Å². The molecule has 0 unspecified atom stereocenters. The van der Waals surface area contributed by atoms with Crippen LogP contribution in [0.1, 0.15) is 16.1 Å². The number of rotatable bonds is 3. The van der Waals surface area contributed by atoms with E-state index in [1.54, 1.807) is 6.92 Å². The van der Waals surface area contributed by atoms with Gasteiger partial charge < -0.3 is 14.4 Å². The first-order valence-corrected chi connectivity index (χ1v) is 5.07. The van der Waals surface area contributed by atoms with Gasteiger partial charge in [-0.1, -0.05) is 5.16 Å². The molecule has 0 fully saturated rings. The molecule has 1 aromatic carbocycles. The number of halogens is 1. The van der Waals surface area contributed by atoms with E-state index < -0.39 is 11.8 Å². The Kier molecular flexibility index (Phi) is 3.01. The van der Waals surface area contributed by atoms with Gasteiger partial charge in [0.25, 0.3) is 0 Å². The highest BCUT2D eigenvalue weighted by molar-refractivity contribution is 5.86. The van der Waals surface area contributed by atoms with Crippen molar-refractivity contribution in [3.63, 3.8) is 0 Å². The molecule has 0 aliphatic rings. The van der Waals surface area contributed by atoms with Crippen LogP contribution in [0.4, 0.5) is 4.39 Å². The molecule has 18 heavy (non-hydrogen) atoms. The van der Waals surface area contributed by atoms with Crippen molar-refractivity contribution in [3.05, 3.63) is 35.3 Å². The van der Waals surface area contributed by atoms with Crippen LogP contribution < -0.4 is 4.74 Å². The fourth-order valence-electron chi connectivity index (χ4n) is 1.54. The van der Waals surface area contributed by atoms with Crippen LogP contribution in [0.2, 0.25) is 0 Å². The molecule has 1 N–H and O–H groups in total. The van der Waals surface area contributed by atoms with E-state index in [1.165, 1.54) is 25.3 Å². The van der Waals surface area contributed by atoms with E-state index in [-0.39, 0.29) is 17.0 Å². The molecule has 1 heterocycles. The molecule has 1 aromatic heterocycles. The Morgan fingerprint density at radius 2 is 2.17 bits per heavy atom. The maximum atomic E-state index is 13.9. The minimum absolute atomic E-state index is 0.0481. The molecule has 0 radical (unpaired) electrons. The van der Waals surface area contributed by atoms with Crippen LogP contribution in [-0.2, 0) is 0 Å². The van der Waals surface area contributed by atoms with Crippen LogP contribution >= 0.6 is 0 Å². The number of ether oxygens (including phenoxy) is 1. The summed E-state index contributed by atoms with van der Waals surface area (Å²) in [7, 11) is 1.46. The average Bonchev–Trinajstić information content (AvgIpc) is 2.82. The van der Waals surface area contributed by atoms with Crippen LogP contribution in [0.3, 0.4) is 0 Å². The quantitative estimate of drug-likeness (QED) is 0.907. The minimum Gasteiger partial charge on any atom is -0.497 e. The fraction of sp³-hybridized carbons (Fsp3) is 0.167. The molecule has 2 rings (SSSR count). The Balaban J connectivity index is 2.55. The highest BCUT2D eigenvalue weighted by Gasteiger charge is 2.17. The molecule has 0 spiro atoms. The third-order valence-electron chi connectivity index (χ3n) is 2.46. The Hall–Kier alpha value is -2.37. The summed E-state index contributed by atoms with van der Waals surface area (Å²) < 4.78 is 23.8. The first-order chi connectivity index (χ1) is 8.52. The number of aryl methyl sites for hydroxylation is 1. The highest BCUT2D eigenvalue weighted by Crippen LogP contribution is 2.30. The van der Waals surface area contributed by atoms with Crippen LogP contribution in [-0.4, -0.2) is 23.3 Å². The smallest absolute Gasteiger partial charge is 0.358 e. The molecule has 0 saturated heterocycles. The SMILES string of the molecule is COc1cc(C)c(F)c(-c2cc(C(=O)O)no2)c1. The standard InChI is InChI=1S/C12H10FNO4/c1-6-3-7(17-2)4-8(11(6)13)10-5-9(12(15)16)14-18-10/h3-5H,1-2H3,(H,15,16). The molecule has 0 atom stereocenters. The number of hydrogen-bond donors (Lipinski definition) is 1. The fourth-order valence-corrected chi connectivity index (χ4v) is 1.54.